The van der Waals surface area contributed by atoms with Gasteiger partial charge in [-0.3, -0.25) is 0 Å². The number of furan rings is 1. The smallest absolute Gasteiger partial charge is 0.128 e. The largest absolute Gasteiger partial charge is 0.500 e. The summed E-state index contributed by atoms with van der Waals surface area (Å²) in [5.41, 5.74) is 9.07. The molecule has 0 bridgehead atoms. The number of hydrogen-bond donors (Lipinski definition) is 0. The topological polar surface area (TPSA) is 38.9 Å². The number of aromatic nitrogens is 2. The van der Waals surface area contributed by atoms with Gasteiger partial charge in [0.2, 0.25) is 0 Å². The molecule has 3 aromatic heterocycles. The Bertz CT molecular complexity index is 2440. The molecule has 3 heterocycles. The zero-order valence-corrected chi connectivity index (χ0v) is 32.4. The molecule has 0 aliphatic rings. The number of hydrogen-bond acceptors (Lipinski definition) is 3. The van der Waals surface area contributed by atoms with Crippen LogP contribution in [-0.2, 0) is 20.1 Å². The first kappa shape index (κ1) is 27.0. The maximum absolute atomic E-state index is 8.36. The van der Waals surface area contributed by atoms with E-state index in [1.807, 2.05) is 74.6 Å². The van der Waals surface area contributed by atoms with Crippen molar-refractivity contribution in [2.24, 2.45) is 0 Å². The van der Waals surface area contributed by atoms with Crippen molar-refractivity contribution in [3.63, 3.8) is 0 Å². The monoisotopic (exact) mass is 876 g/mol. The third-order valence-corrected chi connectivity index (χ3v) is 12.7. The van der Waals surface area contributed by atoms with Crippen molar-refractivity contribution in [3.05, 3.63) is 138 Å². The van der Waals surface area contributed by atoms with E-state index in [4.69, 9.17) is 14.0 Å². The zero-order valence-electron chi connectivity index (χ0n) is 35.0. The van der Waals surface area contributed by atoms with Gasteiger partial charge < -0.3 is 9.40 Å². The van der Waals surface area contributed by atoms with Gasteiger partial charge in [0.15, 0.2) is 0 Å². The minimum Gasteiger partial charge on any atom is -0.500 e. The van der Waals surface area contributed by atoms with Crippen LogP contribution in [0, 0.1) is 32.8 Å². The minimum atomic E-state index is -2.14. The van der Waals surface area contributed by atoms with Crippen molar-refractivity contribution < 1.29 is 34.1 Å². The summed E-state index contributed by atoms with van der Waals surface area (Å²) in [4.78, 5) is 9.07. The Hall–Kier alpha value is -3.83. The van der Waals surface area contributed by atoms with Gasteiger partial charge in [-0.15, -0.1) is 18.2 Å². The van der Waals surface area contributed by atoms with Gasteiger partial charge in [0.05, 0.1) is 5.58 Å². The summed E-state index contributed by atoms with van der Waals surface area (Å²) in [6.07, 6.45) is 3.70. The standard InChI is InChI=1S/C27H22NO.C16H20GeN.Ir/c1-17(2)20-14-15-28-25(16-20)24-9-5-8-23-22-7-4-6-21(26(22)29-27(23)24)19-12-10-18(3)11-13-19;1-12-6-8-14(9-7-12)16-10-13(2)15(11-18-16)17(3,4)5;/h4-8,10-17H,1-3H3;6-8,10-11H,1-5H3;/q2*-1;/i3D3,17D;1D3;. The Morgan fingerprint density at radius 1 is 0.812 bits per heavy atom. The molecular weight excluding hydrogens is 825 g/mol. The van der Waals surface area contributed by atoms with E-state index < -0.39 is 32.9 Å². The molecule has 0 saturated heterocycles. The maximum Gasteiger partial charge on any atom is 0.128 e. The van der Waals surface area contributed by atoms with E-state index >= 15 is 0 Å². The molecule has 0 spiro atoms. The molecule has 0 aliphatic heterocycles. The number of fused-ring (bicyclic) bond motifs is 3. The van der Waals surface area contributed by atoms with Gasteiger partial charge in [0, 0.05) is 42.7 Å². The third-order valence-electron chi connectivity index (χ3n) is 8.26. The molecule has 0 fully saturated rings. The second-order valence-electron chi connectivity index (χ2n) is 13.0. The quantitative estimate of drug-likeness (QED) is 0.128. The van der Waals surface area contributed by atoms with Crippen LogP contribution in [0.2, 0.25) is 17.3 Å². The number of benzene rings is 4. The first-order valence-corrected chi connectivity index (χ1v) is 23.0. The number of para-hydroxylation sites is 1. The van der Waals surface area contributed by atoms with E-state index in [1.54, 1.807) is 30.5 Å². The molecule has 48 heavy (non-hydrogen) atoms. The minimum absolute atomic E-state index is 0. The van der Waals surface area contributed by atoms with Gasteiger partial charge in [-0.2, -0.15) is 0 Å². The summed E-state index contributed by atoms with van der Waals surface area (Å²) in [6.45, 7) is 1.60. The van der Waals surface area contributed by atoms with Crippen molar-refractivity contribution in [1.29, 1.82) is 0 Å². The normalized spacial score (nSPS) is 14.2. The summed E-state index contributed by atoms with van der Waals surface area (Å²) < 4.78 is 61.1. The van der Waals surface area contributed by atoms with Gasteiger partial charge in [-0.1, -0.05) is 84.5 Å². The average Bonchev–Trinajstić information content (AvgIpc) is 3.50. The van der Waals surface area contributed by atoms with Crippen LogP contribution < -0.4 is 4.40 Å². The Morgan fingerprint density at radius 2 is 1.56 bits per heavy atom. The van der Waals surface area contributed by atoms with Crippen molar-refractivity contribution in [2.75, 3.05) is 0 Å². The summed E-state index contributed by atoms with van der Waals surface area (Å²) in [5, 5.41) is 1.92. The van der Waals surface area contributed by atoms with E-state index in [2.05, 4.69) is 52.4 Å². The first-order chi connectivity index (χ1) is 25.2. The molecule has 7 rings (SSSR count). The molecule has 0 aliphatic carbocycles. The molecule has 0 amide bonds. The molecule has 0 unspecified atom stereocenters. The molecule has 1 radical (unpaired) electrons. The van der Waals surface area contributed by atoms with Gasteiger partial charge in [-0.05, 0) is 30.1 Å². The molecule has 0 atom stereocenters. The van der Waals surface area contributed by atoms with E-state index in [0.717, 1.165) is 49.9 Å². The van der Waals surface area contributed by atoms with E-state index in [0.29, 0.717) is 22.4 Å². The second kappa shape index (κ2) is 14.7. The molecule has 0 N–H and O–H groups in total. The van der Waals surface area contributed by atoms with Crippen LogP contribution in [0.5, 0.6) is 0 Å². The van der Waals surface area contributed by atoms with Gasteiger partial charge in [0.1, 0.15) is 5.58 Å². The van der Waals surface area contributed by atoms with E-state index in [-0.39, 0.29) is 20.1 Å². The van der Waals surface area contributed by atoms with Crippen molar-refractivity contribution in [1.82, 2.24) is 9.97 Å². The fourth-order valence-electron chi connectivity index (χ4n) is 5.78. The van der Waals surface area contributed by atoms with Crippen LogP contribution in [0.4, 0.5) is 0 Å². The molecule has 4 aromatic carbocycles. The van der Waals surface area contributed by atoms with Crippen LogP contribution in [0.25, 0.3) is 55.6 Å². The average molecular weight is 875 g/mol. The SMILES string of the molecule is [2H]C([2H])([2H])c1c[c-]c(-c2cc(C)[c]([Ge]([CH3])([CH3])[CH3])cn2)cc1.[2H]C([2H])([2H])c1ccc(-c2cccc3c2oc2c(-c4cc(C([2H])(C)C)ccn4)[c-]ccc23)cc1.[Ir]. The fraction of sp³-hybridized carbons (Fsp3) is 0.209. The van der Waals surface area contributed by atoms with Gasteiger partial charge in [0.25, 0.3) is 0 Å². The number of aryl methyl sites for hydroxylation is 3. The Balaban J connectivity index is 0.000000229. The van der Waals surface area contributed by atoms with Crippen molar-refractivity contribution in [2.45, 2.75) is 57.6 Å². The predicted octanol–water partition coefficient (Wildman–Crippen LogP) is 11.3. The Kier molecular flexibility index (Phi) is 8.31. The first-order valence-electron chi connectivity index (χ1n) is 19.2. The summed E-state index contributed by atoms with van der Waals surface area (Å²) in [6, 6.07) is 33.8. The summed E-state index contributed by atoms with van der Waals surface area (Å²) in [7, 11) is 0. The Labute approximate surface area is 311 Å². The second-order valence-corrected chi connectivity index (χ2v) is 23.6. The van der Waals surface area contributed by atoms with Crippen LogP contribution in [0.1, 0.15) is 51.6 Å². The predicted molar refractivity (Wildman–Crippen MR) is 201 cm³/mol. The maximum atomic E-state index is 8.36. The van der Waals surface area contributed by atoms with Crippen molar-refractivity contribution in [3.8, 4) is 33.6 Å². The number of nitrogens with zero attached hydrogens (tertiary/aromatic N) is 2. The van der Waals surface area contributed by atoms with Crippen molar-refractivity contribution >= 4 is 39.6 Å². The number of rotatable bonds is 5. The molecule has 245 valence electrons. The molecular formula is C43H42GeIrN2O-2. The van der Waals surface area contributed by atoms with Gasteiger partial charge in [-0.25, -0.2) is 0 Å². The van der Waals surface area contributed by atoms with Crippen LogP contribution >= 0.6 is 0 Å². The molecule has 5 heteroatoms. The Morgan fingerprint density at radius 3 is 2.23 bits per heavy atom. The molecule has 7 aromatic rings. The fourth-order valence-corrected chi connectivity index (χ4v) is 9.36. The van der Waals surface area contributed by atoms with Gasteiger partial charge >= 0.3 is 117 Å². The summed E-state index contributed by atoms with van der Waals surface area (Å²) >= 11 is -1.89. The summed E-state index contributed by atoms with van der Waals surface area (Å²) in [5.74, 6) is 6.30. The van der Waals surface area contributed by atoms with E-state index in [1.165, 1.54) is 16.0 Å². The molecule has 0 saturated carbocycles. The molecule has 3 nitrogen and oxygen atoms in total. The zero-order chi connectivity index (χ0) is 39.2. The van der Waals surface area contributed by atoms with Crippen LogP contribution in [-0.4, -0.2) is 23.2 Å². The third kappa shape index (κ3) is 7.57. The van der Waals surface area contributed by atoms with E-state index in [9.17, 15) is 0 Å². The van der Waals surface area contributed by atoms with Crippen LogP contribution in [0.3, 0.4) is 0 Å². The number of pyridine rings is 2. The van der Waals surface area contributed by atoms with Crippen LogP contribution in [0.15, 0.2) is 108 Å².